The van der Waals surface area contributed by atoms with Gasteiger partial charge in [0.1, 0.15) is 4.90 Å². The lowest BCUT2D eigenvalue weighted by Gasteiger charge is -2.21. The standard InChI is InChI=1S/C13H16Cl2N2O2S/c1-13(2,3)17-20(18,19)12-10(14)7-9(5-4-6-16)8-11(12)15/h7-8,17H,6,16H2,1-3H3. The maximum atomic E-state index is 12.3. The quantitative estimate of drug-likeness (QED) is 0.815. The van der Waals surface area contributed by atoms with Gasteiger partial charge in [-0.3, -0.25) is 0 Å². The van der Waals surface area contributed by atoms with E-state index in [-0.39, 0.29) is 21.5 Å². The Morgan fingerprint density at radius 1 is 1.25 bits per heavy atom. The van der Waals surface area contributed by atoms with Gasteiger partial charge in [-0.2, -0.15) is 0 Å². The van der Waals surface area contributed by atoms with Crippen molar-refractivity contribution in [2.45, 2.75) is 31.2 Å². The van der Waals surface area contributed by atoms with Gasteiger partial charge >= 0.3 is 0 Å². The van der Waals surface area contributed by atoms with E-state index < -0.39 is 15.6 Å². The van der Waals surface area contributed by atoms with Crippen LogP contribution < -0.4 is 10.5 Å². The Hall–Kier alpha value is -0.770. The molecular formula is C13H16Cl2N2O2S. The van der Waals surface area contributed by atoms with Crippen molar-refractivity contribution in [1.29, 1.82) is 0 Å². The van der Waals surface area contributed by atoms with Crippen LogP contribution >= 0.6 is 23.2 Å². The molecule has 0 unspecified atom stereocenters. The van der Waals surface area contributed by atoms with Gasteiger partial charge in [0.15, 0.2) is 0 Å². The Balaban J connectivity index is 3.34. The lowest BCUT2D eigenvalue weighted by atomic mass is 10.1. The van der Waals surface area contributed by atoms with Crippen molar-refractivity contribution < 1.29 is 8.42 Å². The topological polar surface area (TPSA) is 72.2 Å². The maximum absolute atomic E-state index is 12.3. The van der Waals surface area contributed by atoms with E-state index in [1.54, 1.807) is 20.8 Å². The zero-order valence-electron chi connectivity index (χ0n) is 11.4. The van der Waals surface area contributed by atoms with Crippen molar-refractivity contribution in [3.05, 3.63) is 27.7 Å². The minimum atomic E-state index is -3.80. The van der Waals surface area contributed by atoms with Gasteiger partial charge < -0.3 is 5.73 Å². The number of halogens is 2. The van der Waals surface area contributed by atoms with Crippen molar-refractivity contribution in [2.24, 2.45) is 5.73 Å². The third-order valence-electron chi connectivity index (χ3n) is 2.04. The van der Waals surface area contributed by atoms with Crippen molar-refractivity contribution in [1.82, 2.24) is 4.72 Å². The van der Waals surface area contributed by atoms with Gasteiger partial charge in [0.2, 0.25) is 10.0 Å². The van der Waals surface area contributed by atoms with E-state index >= 15 is 0 Å². The fraction of sp³-hybridized carbons (Fsp3) is 0.385. The molecule has 1 rings (SSSR count). The molecule has 0 aromatic heterocycles. The van der Waals surface area contributed by atoms with E-state index in [9.17, 15) is 8.42 Å². The molecule has 0 bridgehead atoms. The van der Waals surface area contributed by atoms with Gasteiger partial charge in [0.25, 0.3) is 0 Å². The first-order chi connectivity index (χ1) is 9.07. The molecule has 0 aliphatic heterocycles. The minimum Gasteiger partial charge on any atom is -0.320 e. The Morgan fingerprint density at radius 2 is 1.75 bits per heavy atom. The SMILES string of the molecule is CC(C)(C)NS(=O)(=O)c1c(Cl)cc(C#CCN)cc1Cl. The second-order valence-electron chi connectivity index (χ2n) is 5.13. The number of sulfonamides is 1. The van der Waals surface area contributed by atoms with Crippen molar-refractivity contribution >= 4 is 33.2 Å². The molecule has 4 nitrogen and oxygen atoms in total. The molecule has 0 amide bonds. The fourth-order valence-corrected chi connectivity index (χ4v) is 4.13. The molecule has 0 spiro atoms. The molecule has 0 saturated carbocycles. The fourth-order valence-electron chi connectivity index (χ4n) is 1.50. The van der Waals surface area contributed by atoms with Gasteiger partial charge in [-0.25, -0.2) is 13.1 Å². The Morgan fingerprint density at radius 3 is 2.15 bits per heavy atom. The number of nitrogens with two attached hydrogens (primary N) is 1. The summed E-state index contributed by atoms with van der Waals surface area (Å²) in [5, 5.41) is 0.0474. The minimum absolute atomic E-state index is 0.0237. The van der Waals surface area contributed by atoms with Gasteiger partial charge in [0, 0.05) is 11.1 Å². The molecule has 1 aromatic rings. The van der Waals surface area contributed by atoms with Crippen LogP contribution in [0, 0.1) is 11.8 Å². The van der Waals surface area contributed by atoms with E-state index in [4.69, 9.17) is 28.9 Å². The molecule has 0 fully saturated rings. The Kier molecular flexibility index (Phi) is 5.47. The van der Waals surface area contributed by atoms with Crippen LogP contribution in [0.15, 0.2) is 17.0 Å². The van der Waals surface area contributed by atoms with E-state index in [0.29, 0.717) is 5.56 Å². The highest BCUT2D eigenvalue weighted by molar-refractivity contribution is 7.89. The molecule has 0 aliphatic carbocycles. The van der Waals surface area contributed by atoms with E-state index in [1.165, 1.54) is 12.1 Å². The molecular weight excluding hydrogens is 319 g/mol. The highest BCUT2D eigenvalue weighted by Gasteiger charge is 2.27. The first kappa shape index (κ1) is 17.3. The van der Waals surface area contributed by atoms with Crippen molar-refractivity contribution in [3.8, 4) is 11.8 Å². The van der Waals surface area contributed by atoms with Crippen LogP contribution in [0.1, 0.15) is 26.3 Å². The maximum Gasteiger partial charge on any atom is 0.244 e. The molecule has 110 valence electrons. The van der Waals surface area contributed by atoms with Gasteiger partial charge in [-0.05, 0) is 32.9 Å². The van der Waals surface area contributed by atoms with Gasteiger partial charge in [-0.1, -0.05) is 35.0 Å². The Labute approximate surface area is 129 Å². The third-order valence-corrected chi connectivity index (χ3v) is 4.72. The predicted octanol–water partition coefficient (Wildman–Crippen LogP) is 2.38. The summed E-state index contributed by atoms with van der Waals surface area (Å²) in [7, 11) is -3.80. The van der Waals surface area contributed by atoms with E-state index in [0.717, 1.165) is 0 Å². The lowest BCUT2D eigenvalue weighted by Crippen LogP contribution is -2.40. The van der Waals surface area contributed by atoms with Crippen molar-refractivity contribution in [2.75, 3.05) is 6.54 Å². The number of hydrogen-bond donors (Lipinski definition) is 2. The van der Waals surface area contributed by atoms with E-state index in [2.05, 4.69) is 16.6 Å². The zero-order chi connectivity index (χ0) is 15.6. The summed E-state index contributed by atoms with van der Waals surface area (Å²) in [5.41, 5.74) is 5.15. The van der Waals surface area contributed by atoms with Crippen LogP contribution in [0.5, 0.6) is 0 Å². The summed E-state index contributed by atoms with van der Waals surface area (Å²) in [6.45, 7) is 5.38. The normalized spacial score (nSPS) is 11.9. The summed E-state index contributed by atoms with van der Waals surface area (Å²) < 4.78 is 27.1. The summed E-state index contributed by atoms with van der Waals surface area (Å²) in [5.74, 6) is 5.40. The second kappa shape index (κ2) is 6.33. The van der Waals surface area contributed by atoms with Crippen LogP contribution in [0.2, 0.25) is 10.0 Å². The van der Waals surface area contributed by atoms with Crippen LogP contribution in [-0.4, -0.2) is 20.5 Å². The monoisotopic (exact) mass is 334 g/mol. The number of nitrogens with one attached hydrogen (secondary N) is 1. The Bertz CT molecular complexity index is 645. The van der Waals surface area contributed by atoms with Crippen LogP contribution in [0.3, 0.4) is 0 Å². The molecule has 20 heavy (non-hydrogen) atoms. The molecule has 0 saturated heterocycles. The van der Waals surface area contributed by atoms with Crippen LogP contribution in [0.25, 0.3) is 0 Å². The first-order valence-corrected chi connectivity index (χ1v) is 8.03. The average Bonchev–Trinajstić information content (AvgIpc) is 2.21. The smallest absolute Gasteiger partial charge is 0.244 e. The summed E-state index contributed by atoms with van der Waals surface area (Å²) in [4.78, 5) is -0.144. The van der Waals surface area contributed by atoms with Crippen LogP contribution in [0.4, 0.5) is 0 Å². The largest absolute Gasteiger partial charge is 0.320 e. The van der Waals surface area contributed by atoms with Gasteiger partial charge in [0.05, 0.1) is 16.6 Å². The van der Waals surface area contributed by atoms with Crippen LogP contribution in [-0.2, 0) is 10.0 Å². The lowest BCUT2D eigenvalue weighted by molar-refractivity contribution is 0.491. The molecule has 0 atom stereocenters. The summed E-state index contributed by atoms with van der Waals surface area (Å²) in [6, 6.07) is 2.90. The highest BCUT2D eigenvalue weighted by Crippen LogP contribution is 2.31. The van der Waals surface area contributed by atoms with E-state index in [1.807, 2.05) is 0 Å². The molecule has 7 heteroatoms. The molecule has 1 aromatic carbocycles. The first-order valence-electron chi connectivity index (χ1n) is 5.79. The number of rotatable bonds is 2. The number of hydrogen-bond acceptors (Lipinski definition) is 3. The molecule has 0 heterocycles. The third kappa shape index (κ3) is 4.65. The van der Waals surface area contributed by atoms with Gasteiger partial charge in [-0.15, -0.1) is 0 Å². The summed E-state index contributed by atoms with van der Waals surface area (Å²) in [6.07, 6.45) is 0. The zero-order valence-corrected chi connectivity index (χ0v) is 13.7. The second-order valence-corrected chi connectivity index (χ2v) is 7.56. The molecule has 0 aliphatic rings. The number of benzene rings is 1. The predicted molar refractivity (Wildman–Crippen MR) is 82.5 cm³/mol. The van der Waals surface area contributed by atoms with Crippen molar-refractivity contribution in [3.63, 3.8) is 0 Å². The highest BCUT2D eigenvalue weighted by atomic mass is 35.5. The average molecular weight is 335 g/mol. The molecule has 3 N–H and O–H groups in total. The molecule has 0 radical (unpaired) electrons. The summed E-state index contributed by atoms with van der Waals surface area (Å²) >= 11 is 12.0.